The van der Waals surface area contributed by atoms with Gasteiger partial charge >= 0.3 is 0 Å². The number of hydrogen-bond donors (Lipinski definition) is 0. The molecule has 0 aromatic carbocycles. The molecule has 4 rings (SSSR count). The molecule has 1 aliphatic heterocycles. The van der Waals surface area contributed by atoms with E-state index in [4.69, 9.17) is 0 Å². The minimum atomic E-state index is -0.0173. The minimum Gasteiger partial charge on any atom is -0.337 e. The van der Waals surface area contributed by atoms with Crippen LogP contribution < -0.4 is 10.6 Å². The van der Waals surface area contributed by atoms with Gasteiger partial charge in [-0.05, 0) is 74.2 Å². The summed E-state index contributed by atoms with van der Waals surface area (Å²) in [4.78, 5) is 31.5. The Morgan fingerprint density at radius 1 is 1.03 bits per heavy atom. The molecule has 0 aliphatic carbocycles. The number of carbonyl (C=O) groups is 1. The normalized spacial score (nSPS) is 15.2. The molecular weight excluding hydrogens is 446 g/mol. The average Bonchev–Trinajstić information content (AvgIpc) is 2.90. The molecule has 0 spiro atoms. The standard InChI is InChI=1S/C30H35N5O/c1-5-6-11-26-24(4)12-13-27(33-26)30(36)34-18-14-25(15-19-34)35(20-28-22(2)9-7-16-31-28)21-29-23(3)10-8-17-32-29/h5-13,16-17,25H,4,14-15,18-21H2,1-3H3/b6-5-,26-11+. The van der Waals surface area contributed by atoms with Crippen LogP contribution in [0.15, 0.2) is 60.9 Å². The molecule has 1 aliphatic rings. The molecule has 0 bridgehead atoms. The topological polar surface area (TPSA) is 62.2 Å². The number of hydrogen-bond acceptors (Lipinski definition) is 5. The van der Waals surface area contributed by atoms with E-state index in [9.17, 15) is 4.79 Å². The van der Waals surface area contributed by atoms with E-state index >= 15 is 0 Å². The summed E-state index contributed by atoms with van der Waals surface area (Å²) in [7, 11) is 0. The second-order valence-corrected chi connectivity index (χ2v) is 9.40. The van der Waals surface area contributed by atoms with Gasteiger partial charge in [-0.15, -0.1) is 0 Å². The quantitative estimate of drug-likeness (QED) is 0.516. The number of aromatic nitrogens is 3. The fraction of sp³-hybridized carbons (Fsp3) is 0.333. The van der Waals surface area contributed by atoms with E-state index in [1.807, 2.05) is 60.6 Å². The molecule has 6 nitrogen and oxygen atoms in total. The molecule has 0 saturated carbocycles. The molecule has 4 heterocycles. The highest BCUT2D eigenvalue weighted by Crippen LogP contribution is 2.23. The van der Waals surface area contributed by atoms with Gasteiger partial charge in [0.2, 0.25) is 0 Å². The van der Waals surface area contributed by atoms with E-state index in [2.05, 4.69) is 52.4 Å². The number of carbonyl (C=O) groups excluding carboxylic acids is 1. The van der Waals surface area contributed by atoms with Crippen molar-refractivity contribution >= 4 is 18.6 Å². The van der Waals surface area contributed by atoms with Crippen LogP contribution in [-0.4, -0.2) is 49.8 Å². The van der Waals surface area contributed by atoms with E-state index < -0.39 is 0 Å². The zero-order valence-corrected chi connectivity index (χ0v) is 21.5. The molecule has 0 atom stereocenters. The van der Waals surface area contributed by atoms with Gasteiger partial charge in [0, 0.05) is 44.6 Å². The monoisotopic (exact) mass is 481 g/mol. The molecule has 1 amide bonds. The Kier molecular flexibility index (Phi) is 8.39. The number of likely N-dealkylation sites (tertiary alicyclic amines) is 1. The number of amides is 1. The minimum absolute atomic E-state index is 0.0173. The molecule has 0 N–H and O–H groups in total. The third-order valence-electron chi connectivity index (χ3n) is 6.89. The van der Waals surface area contributed by atoms with Gasteiger partial charge in [-0.25, -0.2) is 4.98 Å². The zero-order valence-electron chi connectivity index (χ0n) is 21.5. The van der Waals surface area contributed by atoms with Crippen molar-refractivity contribution in [3.63, 3.8) is 0 Å². The third-order valence-corrected chi connectivity index (χ3v) is 6.89. The second kappa shape index (κ2) is 11.9. The number of pyridine rings is 3. The summed E-state index contributed by atoms with van der Waals surface area (Å²) in [6.45, 7) is 13.1. The Morgan fingerprint density at radius 3 is 2.19 bits per heavy atom. The SMILES string of the molecule is C=c1ccc(C(=O)N2CCC(N(Cc3ncccc3C)Cc3ncccc3C)CC2)n/c1=C/C=C\C. The van der Waals surface area contributed by atoms with E-state index in [-0.39, 0.29) is 5.91 Å². The van der Waals surface area contributed by atoms with Gasteiger partial charge in [0.1, 0.15) is 5.69 Å². The van der Waals surface area contributed by atoms with Crippen molar-refractivity contribution in [2.45, 2.75) is 52.7 Å². The molecule has 36 heavy (non-hydrogen) atoms. The van der Waals surface area contributed by atoms with Crippen molar-refractivity contribution in [2.24, 2.45) is 0 Å². The lowest BCUT2D eigenvalue weighted by molar-refractivity contribution is 0.0584. The summed E-state index contributed by atoms with van der Waals surface area (Å²) in [5, 5.41) is 1.55. The lowest BCUT2D eigenvalue weighted by Crippen LogP contribution is -2.47. The molecule has 6 heteroatoms. The molecule has 1 saturated heterocycles. The van der Waals surface area contributed by atoms with Gasteiger partial charge in [0.15, 0.2) is 0 Å². The van der Waals surface area contributed by atoms with Gasteiger partial charge in [0.05, 0.1) is 16.7 Å². The van der Waals surface area contributed by atoms with Gasteiger partial charge < -0.3 is 4.90 Å². The van der Waals surface area contributed by atoms with Crippen molar-refractivity contribution in [1.82, 2.24) is 24.8 Å². The van der Waals surface area contributed by atoms with Crippen molar-refractivity contribution < 1.29 is 4.79 Å². The fourth-order valence-electron chi connectivity index (χ4n) is 4.62. The summed E-state index contributed by atoms with van der Waals surface area (Å²) in [5.41, 5.74) is 5.04. The van der Waals surface area contributed by atoms with Crippen molar-refractivity contribution in [3.05, 3.63) is 99.7 Å². The molecule has 0 radical (unpaired) electrons. The summed E-state index contributed by atoms with van der Waals surface area (Å²) >= 11 is 0. The van der Waals surface area contributed by atoms with Crippen LogP contribution in [0, 0.1) is 13.8 Å². The number of allylic oxidation sites excluding steroid dienone is 2. The first kappa shape index (κ1) is 25.5. The van der Waals surface area contributed by atoms with Gasteiger partial charge in [-0.3, -0.25) is 19.7 Å². The summed E-state index contributed by atoms with van der Waals surface area (Å²) in [6, 6.07) is 12.2. The van der Waals surface area contributed by atoms with E-state index in [0.717, 1.165) is 47.9 Å². The maximum Gasteiger partial charge on any atom is 0.272 e. The Morgan fingerprint density at radius 2 is 1.64 bits per heavy atom. The van der Waals surface area contributed by atoms with Crippen LogP contribution in [0.2, 0.25) is 0 Å². The summed E-state index contributed by atoms with van der Waals surface area (Å²) in [5.74, 6) is -0.0173. The molecule has 0 unspecified atom stereocenters. The summed E-state index contributed by atoms with van der Waals surface area (Å²) < 4.78 is 0. The van der Waals surface area contributed by atoms with Crippen LogP contribution in [0.5, 0.6) is 0 Å². The number of piperidine rings is 1. The summed E-state index contributed by atoms with van der Waals surface area (Å²) in [6.07, 6.45) is 11.3. The molecule has 3 aromatic rings. The van der Waals surface area contributed by atoms with Crippen LogP contribution in [0.25, 0.3) is 12.7 Å². The Labute approximate surface area is 213 Å². The lowest BCUT2D eigenvalue weighted by atomic mass is 10.0. The van der Waals surface area contributed by atoms with Crippen molar-refractivity contribution in [3.8, 4) is 0 Å². The van der Waals surface area contributed by atoms with Gasteiger partial charge in [-0.2, -0.15) is 0 Å². The maximum atomic E-state index is 13.3. The van der Waals surface area contributed by atoms with E-state index in [0.29, 0.717) is 24.8 Å². The third kappa shape index (κ3) is 6.13. The zero-order chi connectivity index (χ0) is 25.5. The first-order valence-corrected chi connectivity index (χ1v) is 12.6. The smallest absolute Gasteiger partial charge is 0.272 e. The number of nitrogens with zero attached hydrogens (tertiary/aromatic N) is 5. The first-order valence-electron chi connectivity index (χ1n) is 12.6. The number of aryl methyl sites for hydroxylation is 2. The van der Waals surface area contributed by atoms with Gasteiger partial charge in [-0.1, -0.05) is 36.9 Å². The lowest BCUT2D eigenvalue weighted by Gasteiger charge is -2.38. The second-order valence-electron chi connectivity index (χ2n) is 9.40. The number of rotatable bonds is 7. The maximum absolute atomic E-state index is 13.3. The Bertz CT molecular complexity index is 1290. The van der Waals surface area contributed by atoms with Crippen LogP contribution in [0.1, 0.15) is 52.8 Å². The Balaban J connectivity index is 1.49. The van der Waals surface area contributed by atoms with E-state index in [1.54, 1.807) is 6.07 Å². The highest BCUT2D eigenvalue weighted by molar-refractivity contribution is 5.92. The van der Waals surface area contributed by atoms with Gasteiger partial charge in [0.25, 0.3) is 5.91 Å². The fourth-order valence-corrected chi connectivity index (χ4v) is 4.62. The van der Waals surface area contributed by atoms with Crippen LogP contribution in [-0.2, 0) is 13.1 Å². The predicted octanol–water partition coefficient (Wildman–Crippen LogP) is 3.56. The highest BCUT2D eigenvalue weighted by Gasteiger charge is 2.29. The largest absolute Gasteiger partial charge is 0.337 e. The van der Waals surface area contributed by atoms with Crippen LogP contribution >= 0.6 is 0 Å². The van der Waals surface area contributed by atoms with Crippen LogP contribution in [0.3, 0.4) is 0 Å². The molecule has 3 aromatic heterocycles. The molecule has 186 valence electrons. The molecule has 1 fully saturated rings. The average molecular weight is 482 g/mol. The van der Waals surface area contributed by atoms with Crippen molar-refractivity contribution in [1.29, 1.82) is 0 Å². The predicted molar refractivity (Wildman–Crippen MR) is 144 cm³/mol. The van der Waals surface area contributed by atoms with Crippen LogP contribution in [0.4, 0.5) is 0 Å². The van der Waals surface area contributed by atoms with E-state index in [1.165, 1.54) is 11.1 Å². The Hall–Kier alpha value is -3.64. The molecular formula is C30H35N5O. The van der Waals surface area contributed by atoms with Crippen molar-refractivity contribution in [2.75, 3.05) is 13.1 Å². The highest BCUT2D eigenvalue weighted by atomic mass is 16.2. The first-order chi connectivity index (χ1) is 17.5.